The first-order chi connectivity index (χ1) is 6.31. The highest BCUT2D eigenvalue weighted by molar-refractivity contribution is 5.85. The molecular weight excluding hydrogens is 202 g/mol. The van der Waals surface area contributed by atoms with Crippen LogP contribution in [0.5, 0.6) is 0 Å². The van der Waals surface area contributed by atoms with E-state index in [0.717, 1.165) is 16.6 Å². The summed E-state index contributed by atoms with van der Waals surface area (Å²) >= 11 is 0. The smallest absolute Gasteiger partial charge is 0.0931 e. The third-order valence-corrected chi connectivity index (χ3v) is 2.05. The summed E-state index contributed by atoms with van der Waals surface area (Å²) in [6, 6.07) is 5.56. The van der Waals surface area contributed by atoms with Gasteiger partial charge in [-0.25, -0.2) is 4.98 Å². The summed E-state index contributed by atoms with van der Waals surface area (Å²) < 4.78 is 0. The van der Waals surface area contributed by atoms with Gasteiger partial charge in [0.2, 0.25) is 0 Å². The minimum Gasteiger partial charge on any atom is -0.387 e. The van der Waals surface area contributed by atoms with Gasteiger partial charge in [0.15, 0.2) is 0 Å². The minimum atomic E-state index is -0.590. The lowest BCUT2D eigenvalue weighted by Crippen LogP contribution is -2.11. The average molecular weight is 214 g/mol. The van der Waals surface area contributed by atoms with E-state index in [2.05, 4.69) is 9.97 Å². The Kier molecular flexibility index (Phi) is 3.46. The molecule has 0 amide bonds. The number of aliphatic hydroxyl groups excluding tert-OH is 1. The molecule has 1 aromatic heterocycles. The summed E-state index contributed by atoms with van der Waals surface area (Å²) in [4.78, 5) is 7.05. The van der Waals surface area contributed by atoms with E-state index < -0.39 is 6.10 Å². The molecule has 0 spiro atoms. The maximum atomic E-state index is 9.47. The molecule has 0 bridgehead atoms. The fourth-order valence-corrected chi connectivity index (χ4v) is 1.30. The number of H-pyrrole nitrogens is 1. The molecule has 1 aromatic carbocycles. The number of hydrogen-bond acceptors (Lipinski definition) is 3. The van der Waals surface area contributed by atoms with Gasteiger partial charge < -0.3 is 15.8 Å². The fourth-order valence-electron chi connectivity index (χ4n) is 1.30. The Bertz CT molecular complexity index is 415. The zero-order valence-electron chi connectivity index (χ0n) is 7.47. The maximum Gasteiger partial charge on any atom is 0.0931 e. The molecular formula is C9H12ClN3O. The summed E-state index contributed by atoms with van der Waals surface area (Å²) in [5.74, 6) is 0. The number of nitrogens with two attached hydrogens (primary N) is 1. The van der Waals surface area contributed by atoms with Gasteiger partial charge in [-0.15, -0.1) is 12.4 Å². The number of aliphatic hydroxyl groups is 1. The zero-order valence-corrected chi connectivity index (χ0v) is 8.29. The first kappa shape index (κ1) is 11.0. The third kappa shape index (κ3) is 1.87. The Labute approximate surface area is 87.6 Å². The number of nitrogens with one attached hydrogen (secondary N) is 1. The second-order valence-corrected chi connectivity index (χ2v) is 2.93. The van der Waals surface area contributed by atoms with Crippen molar-refractivity contribution in [1.29, 1.82) is 0 Å². The zero-order chi connectivity index (χ0) is 9.26. The molecule has 0 aliphatic rings. The van der Waals surface area contributed by atoms with Gasteiger partial charge >= 0.3 is 0 Å². The van der Waals surface area contributed by atoms with Gasteiger partial charge in [0, 0.05) is 6.54 Å². The summed E-state index contributed by atoms with van der Waals surface area (Å²) in [5.41, 5.74) is 7.98. The van der Waals surface area contributed by atoms with E-state index in [9.17, 15) is 5.11 Å². The number of nitrogens with zero attached hydrogens (tertiary/aromatic N) is 1. The number of aromatic amines is 1. The van der Waals surface area contributed by atoms with E-state index in [1.54, 1.807) is 6.33 Å². The van der Waals surface area contributed by atoms with Crippen molar-refractivity contribution in [2.45, 2.75) is 6.10 Å². The lowest BCUT2D eigenvalue weighted by atomic mass is 10.1. The molecule has 4 nitrogen and oxygen atoms in total. The fraction of sp³-hybridized carbons (Fsp3) is 0.222. The predicted molar refractivity (Wildman–Crippen MR) is 57.4 cm³/mol. The van der Waals surface area contributed by atoms with Crippen molar-refractivity contribution in [2.75, 3.05) is 6.54 Å². The summed E-state index contributed by atoms with van der Waals surface area (Å²) in [6.45, 7) is 0.236. The van der Waals surface area contributed by atoms with Gasteiger partial charge in [-0.2, -0.15) is 0 Å². The predicted octanol–water partition coefficient (Wildman–Crippen LogP) is 0.977. The molecule has 76 valence electrons. The van der Waals surface area contributed by atoms with E-state index in [0.29, 0.717) is 0 Å². The Balaban J connectivity index is 0.000000980. The molecule has 14 heavy (non-hydrogen) atoms. The van der Waals surface area contributed by atoms with Crippen LogP contribution in [-0.4, -0.2) is 21.6 Å². The van der Waals surface area contributed by atoms with Crippen molar-refractivity contribution in [3.8, 4) is 0 Å². The number of imidazole rings is 1. The normalized spacial score (nSPS) is 12.4. The van der Waals surface area contributed by atoms with Crippen LogP contribution in [0, 0.1) is 0 Å². The Hall–Kier alpha value is -1.10. The maximum absolute atomic E-state index is 9.47. The van der Waals surface area contributed by atoms with E-state index in [1.165, 1.54) is 0 Å². The second kappa shape index (κ2) is 4.41. The van der Waals surface area contributed by atoms with Crippen LogP contribution in [0.25, 0.3) is 11.0 Å². The third-order valence-electron chi connectivity index (χ3n) is 2.05. The molecule has 0 aliphatic carbocycles. The van der Waals surface area contributed by atoms with E-state index in [-0.39, 0.29) is 19.0 Å². The minimum absolute atomic E-state index is 0. The molecule has 0 radical (unpaired) electrons. The van der Waals surface area contributed by atoms with Crippen LogP contribution in [0.1, 0.15) is 11.7 Å². The van der Waals surface area contributed by atoms with Gasteiger partial charge in [-0.05, 0) is 17.7 Å². The molecule has 5 heteroatoms. The Morgan fingerprint density at radius 2 is 2.29 bits per heavy atom. The molecule has 2 rings (SSSR count). The van der Waals surface area contributed by atoms with Gasteiger partial charge in [-0.3, -0.25) is 0 Å². The molecule has 0 fully saturated rings. The van der Waals surface area contributed by atoms with Gasteiger partial charge in [0.1, 0.15) is 0 Å². The molecule has 1 atom stereocenters. The van der Waals surface area contributed by atoms with Gasteiger partial charge in [0.25, 0.3) is 0 Å². The number of rotatable bonds is 2. The van der Waals surface area contributed by atoms with Crippen LogP contribution >= 0.6 is 12.4 Å². The van der Waals surface area contributed by atoms with Crippen LogP contribution in [0.4, 0.5) is 0 Å². The van der Waals surface area contributed by atoms with Crippen molar-refractivity contribution in [1.82, 2.24) is 9.97 Å². The van der Waals surface area contributed by atoms with E-state index in [1.807, 2.05) is 18.2 Å². The van der Waals surface area contributed by atoms with Crippen molar-refractivity contribution in [3.05, 3.63) is 30.1 Å². The van der Waals surface area contributed by atoms with Crippen LogP contribution in [0.2, 0.25) is 0 Å². The van der Waals surface area contributed by atoms with Crippen LogP contribution in [0.3, 0.4) is 0 Å². The average Bonchev–Trinajstić information content (AvgIpc) is 2.63. The van der Waals surface area contributed by atoms with Crippen molar-refractivity contribution in [3.63, 3.8) is 0 Å². The SMILES string of the molecule is Cl.NC[C@H](O)c1ccc2nc[nH]c2c1. The number of hydrogen-bond donors (Lipinski definition) is 3. The molecule has 4 N–H and O–H groups in total. The Morgan fingerprint density at radius 3 is 3.00 bits per heavy atom. The molecule has 0 saturated carbocycles. The summed E-state index contributed by atoms with van der Waals surface area (Å²) in [5, 5.41) is 9.47. The molecule has 0 unspecified atom stereocenters. The van der Waals surface area contributed by atoms with Crippen molar-refractivity contribution >= 4 is 23.4 Å². The quantitative estimate of drug-likeness (QED) is 0.696. The van der Waals surface area contributed by atoms with Crippen molar-refractivity contribution in [2.24, 2.45) is 5.73 Å². The van der Waals surface area contributed by atoms with E-state index in [4.69, 9.17) is 5.73 Å². The van der Waals surface area contributed by atoms with Crippen LogP contribution in [0.15, 0.2) is 24.5 Å². The Morgan fingerprint density at radius 1 is 1.50 bits per heavy atom. The molecule has 0 aliphatic heterocycles. The topological polar surface area (TPSA) is 74.9 Å². The second-order valence-electron chi connectivity index (χ2n) is 2.93. The molecule has 1 heterocycles. The van der Waals surface area contributed by atoms with Gasteiger partial charge in [0.05, 0.1) is 23.5 Å². The van der Waals surface area contributed by atoms with E-state index >= 15 is 0 Å². The summed E-state index contributed by atoms with van der Waals surface area (Å²) in [6.07, 6.45) is 1.04. The monoisotopic (exact) mass is 213 g/mol. The van der Waals surface area contributed by atoms with Gasteiger partial charge in [-0.1, -0.05) is 6.07 Å². The highest BCUT2D eigenvalue weighted by Gasteiger charge is 2.05. The van der Waals surface area contributed by atoms with Crippen LogP contribution in [-0.2, 0) is 0 Å². The number of halogens is 1. The molecule has 0 saturated heterocycles. The van der Waals surface area contributed by atoms with Crippen molar-refractivity contribution < 1.29 is 5.11 Å². The first-order valence-electron chi connectivity index (χ1n) is 4.12. The molecule has 2 aromatic rings. The standard InChI is InChI=1S/C9H11N3O.ClH/c10-4-9(13)6-1-2-7-8(3-6)12-5-11-7;/h1-3,5,9,13H,4,10H2,(H,11,12);1H/t9-;/m0./s1. The lowest BCUT2D eigenvalue weighted by molar-refractivity contribution is 0.187. The first-order valence-corrected chi connectivity index (χ1v) is 4.12. The summed E-state index contributed by atoms with van der Waals surface area (Å²) in [7, 11) is 0. The highest BCUT2D eigenvalue weighted by Crippen LogP contribution is 2.16. The number of aromatic nitrogens is 2. The lowest BCUT2D eigenvalue weighted by Gasteiger charge is -2.06. The number of benzene rings is 1. The van der Waals surface area contributed by atoms with Crippen LogP contribution < -0.4 is 5.73 Å². The highest BCUT2D eigenvalue weighted by atomic mass is 35.5. The number of fused-ring (bicyclic) bond motifs is 1. The largest absolute Gasteiger partial charge is 0.387 e.